The lowest BCUT2D eigenvalue weighted by atomic mass is 9.85. The van der Waals surface area contributed by atoms with Crippen molar-refractivity contribution in [2.75, 3.05) is 0 Å². The molecule has 0 saturated heterocycles. The van der Waals surface area contributed by atoms with Gasteiger partial charge in [-0.05, 0) is 25.0 Å². The van der Waals surface area contributed by atoms with Gasteiger partial charge in [0, 0.05) is 18.1 Å². The van der Waals surface area contributed by atoms with E-state index in [1.165, 1.54) is 12.1 Å². The Hall–Kier alpha value is -2.24. The van der Waals surface area contributed by atoms with Gasteiger partial charge >= 0.3 is 0 Å². The van der Waals surface area contributed by atoms with Crippen molar-refractivity contribution in [3.05, 3.63) is 41.6 Å². The number of nitrogens with zero attached hydrogens (tertiary/aromatic N) is 1. The van der Waals surface area contributed by atoms with Crippen LogP contribution in [0.5, 0.6) is 0 Å². The van der Waals surface area contributed by atoms with E-state index in [4.69, 9.17) is 4.52 Å². The first-order valence-electron chi connectivity index (χ1n) is 6.82. The molecule has 1 N–H and O–H groups in total. The van der Waals surface area contributed by atoms with Gasteiger partial charge in [0.05, 0.1) is 12.1 Å². The summed E-state index contributed by atoms with van der Waals surface area (Å²) in [5, 5.41) is 6.56. The summed E-state index contributed by atoms with van der Waals surface area (Å²) in [4.78, 5) is 11.7. The molecule has 0 unspecified atom stereocenters. The van der Waals surface area contributed by atoms with Crippen molar-refractivity contribution in [2.45, 2.75) is 25.8 Å². The SMILES string of the molecule is O=C(NCc1cc(-c2ccc(F)cc2F)on1)C1CCC1. The average molecular weight is 292 g/mol. The number of halogens is 2. The van der Waals surface area contributed by atoms with Gasteiger partial charge < -0.3 is 9.84 Å². The summed E-state index contributed by atoms with van der Waals surface area (Å²) in [6, 6.07) is 4.77. The standard InChI is InChI=1S/C15H14F2N2O2/c16-10-4-5-12(13(17)6-10)14-7-11(19-21-14)8-18-15(20)9-2-1-3-9/h4-7,9H,1-3,8H2,(H,18,20). The Labute approximate surface area is 120 Å². The normalized spacial score (nSPS) is 14.8. The van der Waals surface area contributed by atoms with Crippen LogP contribution in [-0.2, 0) is 11.3 Å². The third-order valence-corrected chi connectivity index (χ3v) is 3.68. The van der Waals surface area contributed by atoms with Gasteiger partial charge in [0.2, 0.25) is 5.91 Å². The smallest absolute Gasteiger partial charge is 0.223 e. The minimum atomic E-state index is -0.712. The van der Waals surface area contributed by atoms with E-state index in [-0.39, 0.29) is 29.7 Å². The molecule has 3 rings (SSSR count). The quantitative estimate of drug-likeness (QED) is 0.942. The maximum absolute atomic E-state index is 13.6. The predicted molar refractivity (Wildman–Crippen MR) is 71.0 cm³/mol. The molecule has 1 fully saturated rings. The second-order valence-electron chi connectivity index (χ2n) is 5.15. The van der Waals surface area contributed by atoms with Crippen LogP contribution in [0.3, 0.4) is 0 Å². The zero-order chi connectivity index (χ0) is 14.8. The fourth-order valence-electron chi connectivity index (χ4n) is 2.20. The number of aromatic nitrogens is 1. The molecule has 1 amide bonds. The van der Waals surface area contributed by atoms with Crippen molar-refractivity contribution in [1.29, 1.82) is 0 Å². The first-order chi connectivity index (χ1) is 10.1. The van der Waals surface area contributed by atoms with Crippen molar-refractivity contribution < 1.29 is 18.1 Å². The highest BCUT2D eigenvalue weighted by Gasteiger charge is 2.25. The van der Waals surface area contributed by atoms with Crippen molar-refractivity contribution in [2.24, 2.45) is 5.92 Å². The predicted octanol–water partition coefficient (Wildman–Crippen LogP) is 3.04. The summed E-state index contributed by atoms with van der Waals surface area (Å²) in [5.41, 5.74) is 0.641. The van der Waals surface area contributed by atoms with Crippen LogP contribution >= 0.6 is 0 Å². The Bertz CT molecular complexity index is 665. The largest absolute Gasteiger partial charge is 0.356 e. The van der Waals surface area contributed by atoms with Crippen molar-refractivity contribution >= 4 is 5.91 Å². The Morgan fingerprint density at radius 1 is 1.33 bits per heavy atom. The minimum Gasteiger partial charge on any atom is -0.356 e. The lowest BCUT2D eigenvalue weighted by Gasteiger charge is -2.23. The molecular formula is C15H14F2N2O2. The highest BCUT2D eigenvalue weighted by atomic mass is 19.1. The molecule has 1 aliphatic carbocycles. The summed E-state index contributed by atoms with van der Waals surface area (Å²) in [6.07, 6.45) is 2.95. The lowest BCUT2D eigenvalue weighted by Crippen LogP contribution is -2.34. The van der Waals surface area contributed by atoms with Gasteiger partial charge in [0.15, 0.2) is 5.76 Å². The van der Waals surface area contributed by atoms with Crippen LogP contribution in [0.4, 0.5) is 8.78 Å². The number of carbonyl (C=O) groups is 1. The summed E-state index contributed by atoms with van der Waals surface area (Å²) in [7, 11) is 0. The van der Waals surface area contributed by atoms with E-state index >= 15 is 0 Å². The molecule has 21 heavy (non-hydrogen) atoms. The van der Waals surface area contributed by atoms with Gasteiger partial charge in [-0.2, -0.15) is 0 Å². The Kier molecular flexibility index (Phi) is 3.68. The van der Waals surface area contributed by atoms with E-state index in [2.05, 4.69) is 10.5 Å². The van der Waals surface area contributed by atoms with Crippen LogP contribution in [0.15, 0.2) is 28.8 Å². The van der Waals surface area contributed by atoms with Gasteiger partial charge in [-0.25, -0.2) is 8.78 Å². The fraction of sp³-hybridized carbons (Fsp3) is 0.333. The Balaban J connectivity index is 1.66. The monoisotopic (exact) mass is 292 g/mol. The van der Waals surface area contributed by atoms with Crippen LogP contribution in [0.25, 0.3) is 11.3 Å². The molecule has 1 saturated carbocycles. The third-order valence-electron chi connectivity index (χ3n) is 3.68. The van der Waals surface area contributed by atoms with E-state index in [0.717, 1.165) is 31.4 Å². The topological polar surface area (TPSA) is 55.1 Å². The number of benzene rings is 1. The second kappa shape index (κ2) is 5.63. The van der Waals surface area contributed by atoms with E-state index in [1.807, 2.05) is 0 Å². The van der Waals surface area contributed by atoms with E-state index < -0.39 is 11.6 Å². The summed E-state index contributed by atoms with van der Waals surface area (Å²) >= 11 is 0. The first kappa shape index (κ1) is 13.7. The van der Waals surface area contributed by atoms with Gasteiger partial charge in [-0.1, -0.05) is 11.6 Å². The molecule has 6 heteroatoms. The molecule has 4 nitrogen and oxygen atoms in total. The van der Waals surface area contributed by atoms with Crippen molar-refractivity contribution in [1.82, 2.24) is 10.5 Å². The first-order valence-corrected chi connectivity index (χ1v) is 6.82. The summed E-state index contributed by atoms with van der Waals surface area (Å²) in [6.45, 7) is 0.238. The molecule has 0 atom stereocenters. The molecule has 0 spiro atoms. The molecule has 0 aliphatic heterocycles. The van der Waals surface area contributed by atoms with Gasteiger partial charge in [-0.15, -0.1) is 0 Å². The Morgan fingerprint density at radius 2 is 2.14 bits per heavy atom. The summed E-state index contributed by atoms with van der Waals surface area (Å²) < 4.78 is 31.5. The third kappa shape index (κ3) is 2.94. The molecule has 1 heterocycles. The lowest BCUT2D eigenvalue weighted by molar-refractivity contribution is -0.127. The maximum atomic E-state index is 13.6. The molecular weight excluding hydrogens is 278 g/mol. The number of rotatable bonds is 4. The van der Waals surface area contributed by atoms with E-state index in [0.29, 0.717) is 5.69 Å². The molecule has 0 radical (unpaired) electrons. The highest BCUT2D eigenvalue weighted by Crippen LogP contribution is 2.27. The zero-order valence-corrected chi connectivity index (χ0v) is 11.2. The number of nitrogens with one attached hydrogen (secondary N) is 1. The van der Waals surface area contributed by atoms with Crippen molar-refractivity contribution in [3.63, 3.8) is 0 Å². The molecule has 0 bridgehead atoms. The Morgan fingerprint density at radius 3 is 2.81 bits per heavy atom. The van der Waals surface area contributed by atoms with Crippen LogP contribution < -0.4 is 5.32 Å². The second-order valence-corrected chi connectivity index (χ2v) is 5.15. The van der Waals surface area contributed by atoms with Crippen LogP contribution in [0.1, 0.15) is 25.0 Å². The van der Waals surface area contributed by atoms with Gasteiger partial charge in [-0.3, -0.25) is 4.79 Å². The van der Waals surface area contributed by atoms with Crippen molar-refractivity contribution in [3.8, 4) is 11.3 Å². The number of hydrogen-bond donors (Lipinski definition) is 1. The van der Waals surface area contributed by atoms with Gasteiger partial charge in [0.25, 0.3) is 0 Å². The van der Waals surface area contributed by atoms with Gasteiger partial charge in [0.1, 0.15) is 17.3 Å². The molecule has 110 valence electrons. The molecule has 1 aliphatic rings. The fourth-order valence-corrected chi connectivity index (χ4v) is 2.20. The summed E-state index contributed by atoms with van der Waals surface area (Å²) in [5.74, 6) is -1.04. The highest BCUT2D eigenvalue weighted by molar-refractivity contribution is 5.79. The molecule has 1 aromatic carbocycles. The zero-order valence-electron chi connectivity index (χ0n) is 11.2. The number of amides is 1. The number of hydrogen-bond acceptors (Lipinski definition) is 3. The number of carbonyl (C=O) groups excluding carboxylic acids is 1. The average Bonchev–Trinajstić information content (AvgIpc) is 2.83. The minimum absolute atomic E-state index is 0.0127. The van der Waals surface area contributed by atoms with E-state index in [1.54, 1.807) is 0 Å². The maximum Gasteiger partial charge on any atom is 0.223 e. The van der Waals surface area contributed by atoms with E-state index in [9.17, 15) is 13.6 Å². The molecule has 1 aromatic heterocycles. The van der Waals surface area contributed by atoms with Crippen LogP contribution in [0.2, 0.25) is 0 Å². The van der Waals surface area contributed by atoms with Crippen LogP contribution in [-0.4, -0.2) is 11.1 Å². The van der Waals surface area contributed by atoms with Crippen LogP contribution in [0, 0.1) is 17.6 Å². The molecule has 2 aromatic rings.